The van der Waals surface area contributed by atoms with E-state index in [0.717, 1.165) is 22.2 Å². The number of nitrogens with one attached hydrogen (secondary N) is 1. The highest BCUT2D eigenvalue weighted by molar-refractivity contribution is 9.10. The molecule has 0 unspecified atom stereocenters. The van der Waals surface area contributed by atoms with Crippen molar-refractivity contribution in [2.45, 2.75) is 6.54 Å². The van der Waals surface area contributed by atoms with E-state index in [1.54, 1.807) is 4.68 Å². The summed E-state index contributed by atoms with van der Waals surface area (Å²) in [4.78, 5) is 15.8. The molecule has 3 rings (SSSR count). The van der Waals surface area contributed by atoms with E-state index in [0.29, 0.717) is 12.6 Å². The van der Waals surface area contributed by atoms with Crippen molar-refractivity contribution in [3.8, 4) is 5.75 Å². The molecular formula is C17H13BrF2N4O2. The van der Waals surface area contributed by atoms with Crippen LogP contribution in [0.2, 0.25) is 0 Å². The molecule has 0 saturated carbocycles. The zero-order valence-electron chi connectivity index (χ0n) is 13.3. The molecule has 1 amide bonds. The molecule has 0 bridgehead atoms. The first-order chi connectivity index (χ1) is 12.5. The van der Waals surface area contributed by atoms with Crippen LogP contribution in [0.1, 0.15) is 5.56 Å². The van der Waals surface area contributed by atoms with Gasteiger partial charge in [-0.1, -0.05) is 28.1 Å². The largest absolute Gasteiger partial charge is 0.481 e. The minimum atomic E-state index is -0.880. The Hall–Kier alpha value is -2.81. The zero-order chi connectivity index (χ0) is 18.5. The van der Waals surface area contributed by atoms with E-state index in [1.165, 1.54) is 6.33 Å². The van der Waals surface area contributed by atoms with Gasteiger partial charge < -0.3 is 4.74 Å². The average Bonchev–Trinajstić information content (AvgIpc) is 3.03. The number of halogens is 3. The molecule has 0 atom stereocenters. The third-order valence-electron chi connectivity index (χ3n) is 3.30. The van der Waals surface area contributed by atoms with E-state index in [2.05, 4.69) is 31.3 Å². The summed E-state index contributed by atoms with van der Waals surface area (Å²) in [7, 11) is 0. The molecule has 1 aromatic heterocycles. The summed E-state index contributed by atoms with van der Waals surface area (Å²) < 4.78 is 33.8. The Labute approximate surface area is 155 Å². The third-order valence-corrected chi connectivity index (χ3v) is 3.83. The highest BCUT2D eigenvalue weighted by atomic mass is 79.9. The Kier molecular flexibility index (Phi) is 5.57. The summed E-state index contributed by atoms with van der Waals surface area (Å²) in [6.07, 6.45) is 1.48. The van der Waals surface area contributed by atoms with E-state index < -0.39 is 24.1 Å². The van der Waals surface area contributed by atoms with Crippen molar-refractivity contribution in [3.63, 3.8) is 0 Å². The van der Waals surface area contributed by atoms with E-state index in [9.17, 15) is 13.6 Å². The molecule has 0 fully saturated rings. The van der Waals surface area contributed by atoms with Crippen LogP contribution in [0.4, 0.5) is 14.7 Å². The number of anilines is 1. The van der Waals surface area contributed by atoms with Gasteiger partial charge in [0.1, 0.15) is 12.1 Å². The van der Waals surface area contributed by atoms with E-state index in [1.807, 2.05) is 24.3 Å². The summed E-state index contributed by atoms with van der Waals surface area (Å²) >= 11 is 3.37. The molecule has 0 radical (unpaired) electrons. The fraction of sp³-hybridized carbons (Fsp3) is 0.118. The first-order valence-electron chi connectivity index (χ1n) is 7.51. The molecule has 0 saturated heterocycles. The molecule has 1 heterocycles. The molecule has 0 aliphatic carbocycles. The lowest BCUT2D eigenvalue weighted by Crippen LogP contribution is -2.21. The normalized spacial score (nSPS) is 10.6. The van der Waals surface area contributed by atoms with Crippen LogP contribution in [0.15, 0.2) is 53.3 Å². The van der Waals surface area contributed by atoms with Crippen molar-refractivity contribution in [2.24, 2.45) is 0 Å². The highest BCUT2D eigenvalue weighted by Gasteiger charge is 2.10. The van der Waals surface area contributed by atoms with Gasteiger partial charge in [0.2, 0.25) is 5.95 Å². The SMILES string of the molecule is O=C(COc1ccc(F)cc1F)Nc1ncn(Cc2ccc(Br)cc2)n1. The summed E-state index contributed by atoms with van der Waals surface area (Å²) in [5, 5.41) is 6.58. The van der Waals surface area contributed by atoms with Gasteiger partial charge in [0.05, 0.1) is 6.54 Å². The van der Waals surface area contributed by atoms with Gasteiger partial charge >= 0.3 is 0 Å². The van der Waals surface area contributed by atoms with Crippen LogP contribution in [0, 0.1) is 11.6 Å². The molecule has 1 N–H and O–H groups in total. The number of hydrogen-bond acceptors (Lipinski definition) is 4. The van der Waals surface area contributed by atoms with Crippen LogP contribution in [0.3, 0.4) is 0 Å². The maximum atomic E-state index is 13.4. The lowest BCUT2D eigenvalue weighted by atomic mass is 10.2. The maximum absolute atomic E-state index is 13.4. The van der Waals surface area contributed by atoms with Gasteiger partial charge in [0, 0.05) is 10.5 Å². The minimum Gasteiger partial charge on any atom is -0.481 e. The van der Waals surface area contributed by atoms with Gasteiger partial charge in [-0.05, 0) is 29.8 Å². The van der Waals surface area contributed by atoms with E-state index in [4.69, 9.17) is 4.74 Å². The molecule has 0 aliphatic rings. The van der Waals surface area contributed by atoms with Crippen LogP contribution < -0.4 is 10.1 Å². The van der Waals surface area contributed by atoms with Crippen molar-refractivity contribution in [1.82, 2.24) is 14.8 Å². The minimum absolute atomic E-state index is 0.107. The first-order valence-corrected chi connectivity index (χ1v) is 8.30. The number of amides is 1. The molecule has 0 aliphatic heterocycles. The van der Waals surface area contributed by atoms with Gasteiger partial charge in [-0.15, -0.1) is 5.10 Å². The number of aromatic nitrogens is 3. The Balaban J connectivity index is 1.53. The Bertz CT molecular complexity index is 915. The second kappa shape index (κ2) is 8.05. The van der Waals surface area contributed by atoms with Crippen LogP contribution in [-0.2, 0) is 11.3 Å². The second-order valence-electron chi connectivity index (χ2n) is 5.30. The predicted molar refractivity (Wildman–Crippen MR) is 93.7 cm³/mol. The van der Waals surface area contributed by atoms with Crippen LogP contribution in [-0.4, -0.2) is 27.3 Å². The van der Waals surface area contributed by atoms with Crippen LogP contribution in [0.5, 0.6) is 5.75 Å². The molecule has 2 aromatic carbocycles. The number of ether oxygens (including phenoxy) is 1. The predicted octanol–water partition coefficient (Wildman–Crippen LogP) is 3.38. The summed E-state index contributed by atoms with van der Waals surface area (Å²) in [6, 6.07) is 10.6. The van der Waals surface area contributed by atoms with E-state index >= 15 is 0 Å². The smallest absolute Gasteiger partial charge is 0.264 e. The van der Waals surface area contributed by atoms with E-state index in [-0.39, 0.29) is 11.7 Å². The van der Waals surface area contributed by atoms with Gasteiger partial charge in [-0.3, -0.25) is 10.1 Å². The van der Waals surface area contributed by atoms with Crippen molar-refractivity contribution in [2.75, 3.05) is 11.9 Å². The highest BCUT2D eigenvalue weighted by Crippen LogP contribution is 2.17. The molecule has 3 aromatic rings. The lowest BCUT2D eigenvalue weighted by molar-refractivity contribution is -0.118. The maximum Gasteiger partial charge on any atom is 0.264 e. The average molecular weight is 423 g/mol. The zero-order valence-corrected chi connectivity index (χ0v) is 14.9. The van der Waals surface area contributed by atoms with Crippen molar-refractivity contribution >= 4 is 27.8 Å². The van der Waals surface area contributed by atoms with Crippen LogP contribution in [0.25, 0.3) is 0 Å². The van der Waals surface area contributed by atoms with Crippen LogP contribution >= 0.6 is 15.9 Å². The van der Waals surface area contributed by atoms with Crippen molar-refractivity contribution < 1.29 is 18.3 Å². The van der Waals surface area contributed by atoms with Crippen molar-refractivity contribution in [1.29, 1.82) is 0 Å². The van der Waals surface area contributed by atoms with Gasteiger partial charge in [-0.2, -0.15) is 0 Å². The first kappa shape index (κ1) is 18.0. The Morgan fingerprint density at radius 1 is 1.19 bits per heavy atom. The lowest BCUT2D eigenvalue weighted by Gasteiger charge is -2.06. The summed E-state index contributed by atoms with van der Waals surface area (Å²) in [6.45, 7) is 0.0389. The molecular weight excluding hydrogens is 410 g/mol. The fourth-order valence-electron chi connectivity index (χ4n) is 2.10. The molecule has 134 valence electrons. The quantitative estimate of drug-likeness (QED) is 0.660. The number of nitrogens with zero attached hydrogens (tertiary/aromatic N) is 3. The summed E-state index contributed by atoms with van der Waals surface area (Å²) in [5.74, 6) is -2.27. The molecule has 6 nitrogen and oxygen atoms in total. The standard InChI is InChI=1S/C17H13BrF2N4O2/c18-12-3-1-11(2-4-12)8-24-10-21-17(23-24)22-16(25)9-26-15-6-5-13(19)7-14(15)20/h1-7,10H,8-9H2,(H,22,23,25). The number of rotatable bonds is 6. The number of carbonyl (C=O) groups excluding carboxylic acids is 1. The monoisotopic (exact) mass is 422 g/mol. The number of hydrogen-bond donors (Lipinski definition) is 1. The second-order valence-corrected chi connectivity index (χ2v) is 6.22. The van der Waals surface area contributed by atoms with Crippen molar-refractivity contribution in [3.05, 3.63) is 70.5 Å². The third kappa shape index (κ3) is 4.85. The number of carbonyl (C=O) groups is 1. The summed E-state index contributed by atoms with van der Waals surface area (Å²) in [5.41, 5.74) is 1.02. The Morgan fingerprint density at radius 2 is 1.96 bits per heavy atom. The van der Waals surface area contributed by atoms with Gasteiger partial charge in [-0.25, -0.2) is 18.4 Å². The molecule has 9 heteroatoms. The Morgan fingerprint density at radius 3 is 2.69 bits per heavy atom. The topological polar surface area (TPSA) is 69.0 Å². The van der Waals surface area contributed by atoms with Gasteiger partial charge in [0.15, 0.2) is 18.2 Å². The molecule has 0 spiro atoms. The van der Waals surface area contributed by atoms with Gasteiger partial charge in [0.25, 0.3) is 5.91 Å². The molecule has 26 heavy (non-hydrogen) atoms. The fourth-order valence-corrected chi connectivity index (χ4v) is 2.37. The number of benzene rings is 2.